The highest BCUT2D eigenvalue weighted by molar-refractivity contribution is 5.12. The van der Waals surface area contributed by atoms with E-state index in [1.54, 1.807) is 0 Å². The van der Waals surface area contributed by atoms with Gasteiger partial charge in [-0.3, -0.25) is 0 Å². The Bertz CT molecular complexity index is 198. The van der Waals surface area contributed by atoms with Crippen LogP contribution in [0.4, 0.5) is 0 Å². The summed E-state index contributed by atoms with van der Waals surface area (Å²) in [4.78, 5) is 0. The summed E-state index contributed by atoms with van der Waals surface area (Å²) in [6, 6.07) is 0. The molecule has 0 aliphatic heterocycles. The molecule has 0 heteroatoms. The van der Waals surface area contributed by atoms with E-state index >= 15 is 0 Å². The number of rotatable bonds is 0. The van der Waals surface area contributed by atoms with Crippen LogP contribution in [-0.2, 0) is 0 Å². The molecule has 0 aromatic rings. The third kappa shape index (κ3) is 1.19. The van der Waals surface area contributed by atoms with Crippen molar-refractivity contribution < 1.29 is 0 Å². The highest BCUT2D eigenvalue weighted by atomic mass is 14.7. The molecular weight excluding hydrogens is 168 g/mol. The molecule has 1 spiro atoms. The molecule has 0 aromatic heterocycles. The lowest BCUT2D eigenvalue weighted by Crippen LogP contribution is -2.60. The summed E-state index contributed by atoms with van der Waals surface area (Å²) >= 11 is 0. The van der Waals surface area contributed by atoms with Gasteiger partial charge in [0.25, 0.3) is 0 Å². The highest BCUT2D eigenvalue weighted by Gasteiger charge is 2.63. The van der Waals surface area contributed by atoms with Crippen molar-refractivity contribution >= 4 is 0 Å². The minimum atomic E-state index is 0.612. The van der Waals surface area contributed by atoms with E-state index in [4.69, 9.17) is 0 Å². The van der Waals surface area contributed by atoms with Crippen LogP contribution >= 0.6 is 0 Å². The van der Waals surface area contributed by atoms with Gasteiger partial charge in [0.2, 0.25) is 0 Å². The van der Waals surface area contributed by atoms with Crippen molar-refractivity contribution in [2.24, 2.45) is 16.2 Å². The van der Waals surface area contributed by atoms with E-state index in [9.17, 15) is 0 Å². The van der Waals surface area contributed by atoms with E-state index in [0.717, 1.165) is 0 Å². The second-order valence-electron chi connectivity index (χ2n) is 6.94. The average molecular weight is 194 g/mol. The average Bonchev–Trinajstić information content (AvgIpc) is 2.27. The van der Waals surface area contributed by atoms with Gasteiger partial charge in [0.15, 0.2) is 0 Å². The van der Waals surface area contributed by atoms with E-state index in [0.29, 0.717) is 16.2 Å². The molecule has 0 unspecified atom stereocenters. The molecular formula is C14H26. The van der Waals surface area contributed by atoms with Crippen LogP contribution in [0.15, 0.2) is 0 Å². The highest BCUT2D eigenvalue weighted by Crippen LogP contribution is 2.72. The third-order valence-corrected chi connectivity index (χ3v) is 5.43. The zero-order valence-corrected chi connectivity index (χ0v) is 10.4. The lowest BCUT2D eigenvalue weighted by molar-refractivity contribution is -0.191. The van der Waals surface area contributed by atoms with Crippen molar-refractivity contribution in [1.29, 1.82) is 0 Å². The quantitative estimate of drug-likeness (QED) is 0.520. The predicted octanol–water partition coefficient (Wildman–Crippen LogP) is 4.78. The first-order valence-electron chi connectivity index (χ1n) is 6.41. The molecule has 2 aliphatic rings. The fraction of sp³-hybridized carbons (Fsp3) is 1.00. The predicted molar refractivity (Wildman–Crippen MR) is 62.3 cm³/mol. The molecule has 0 radical (unpaired) electrons. The van der Waals surface area contributed by atoms with Gasteiger partial charge in [0.1, 0.15) is 0 Å². The molecule has 0 atom stereocenters. The minimum Gasteiger partial charge on any atom is -0.0593 e. The lowest BCUT2D eigenvalue weighted by Gasteiger charge is -2.68. The molecule has 2 fully saturated rings. The molecule has 0 amide bonds. The molecule has 2 aliphatic carbocycles. The topological polar surface area (TPSA) is 0 Å². The number of hydrogen-bond donors (Lipinski definition) is 0. The van der Waals surface area contributed by atoms with Crippen LogP contribution in [0.25, 0.3) is 0 Å². The van der Waals surface area contributed by atoms with Gasteiger partial charge in [-0.15, -0.1) is 0 Å². The van der Waals surface area contributed by atoms with E-state index in [1.807, 2.05) is 0 Å². The second-order valence-corrected chi connectivity index (χ2v) is 6.94. The van der Waals surface area contributed by atoms with E-state index in [-0.39, 0.29) is 0 Å². The van der Waals surface area contributed by atoms with Gasteiger partial charge in [-0.25, -0.2) is 0 Å². The molecule has 82 valence electrons. The Kier molecular flexibility index (Phi) is 2.25. The lowest BCUT2D eigenvalue weighted by atomic mass is 9.36. The number of hydrogen-bond acceptors (Lipinski definition) is 0. The van der Waals surface area contributed by atoms with Crippen molar-refractivity contribution in [2.75, 3.05) is 0 Å². The molecule has 0 saturated heterocycles. The van der Waals surface area contributed by atoms with E-state index in [1.165, 1.54) is 44.9 Å². The summed E-state index contributed by atoms with van der Waals surface area (Å²) < 4.78 is 0. The first-order valence-corrected chi connectivity index (χ1v) is 6.41. The van der Waals surface area contributed by atoms with Crippen molar-refractivity contribution in [3.05, 3.63) is 0 Å². The smallest absolute Gasteiger partial charge is 0.0195 e. The van der Waals surface area contributed by atoms with Crippen LogP contribution in [-0.4, -0.2) is 0 Å². The van der Waals surface area contributed by atoms with Gasteiger partial charge >= 0.3 is 0 Å². The summed E-state index contributed by atoms with van der Waals surface area (Å²) in [6.45, 7) is 10.0. The summed E-state index contributed by atoms with van der Waals surface area (Å²) in [7, 11) is 0. The Morgan fingerprint density at radius 3 is 1.43 bits per heavy atom. The Morgan fingerprint density at radius 2 is 1.07 bits per heavy atom. The maximum absolute atomic E-state index is 2.50. The van der Waals surface area contributed by atoms with Gasteiger partial charge in [-0.2, -0.15) is 0 Å². The normalized spacial score (nSPS) is 33.4. The maximum Gasteiger partial charge on any atom is -0.0195 e. The third-order valence-electron chi connectivity index (χ3n) is 5.43. The molecule has 0 aromatic carbocycles. The van der Waals surface area contributed by atoms with Crippen LogP contribution < -0.4 is 0 Å². The standard InChI is InChI=1S/C14H26/c1-12(2)11-13(3,4)14(12)9-7-5-6-8-10-14/h5-11H2,1-4H3. The summed E-state index contributed by atoms with van der Waals surface area (Å²) in [5.74, 6) is 0. The fourth-order valence-corrected chi connectivity index (χ4v) is 4.94. The van der Waals surface area contributed by atoms with Gasteiger partial charge < -0.3 is 0 Å². The molecule has 2 rings (SSSR count). The van der Waals surface area contributed by atoms with E-state index in [2.05, 4.69) is 27.7 Å². The van der Waals surface area contributed by atoms with Crippen molar-refractivity contribution in [1.82, 2.24) is 0 Å². The Morgan fingerprint density at radius 1 is 0.643 bits per heavy atom. The summed E-state index contributed by atoms with van der Waals surface area (Å²) in [5.41, 5.74) is 1.90. The molecule has 0 N–H and O–H groups in total. The second kappa shape index (κ2) is 3.00. The van der Waals surface area contributed by atoms with Gasteiger partial charge in [0, 0.05) is 0 Å². The van der Waals surface area contributed by atoms with Crippen LogP contribution in [0.1, 0.15) is 72.6 Å². The van der Waals surface area contributed by atoms with E-state index < -0.39 is 0 Å². The van der Waals surface area contributed by atoms with Crippen molar-refractivity contribution in [3.63, 3.8) is 0 Å². The van der Waals surface area contributed by atoms with Crippen LogP contribution in [0, 0.1) is 16.2 Å². The molecule has 0 bridgehead atoms. The molecule has 0 nitrogen and oxygen atoms in total. The summed E-state index contributed by atoms with van der Waals surface area (Å²) in [6.07, 6.45) is 10.3. The molecule has 0 heterocycles. The Balaban J connectivity index is 2.25. The van der Waals surface area contributed by atoms with Crippen molar-refractivity contribution in [2.45, 2.75) is 72.6 Å². The maximum atomic E-state index is 2.50. The first kappa shape index (κ1) is 10.5. The Hall–Kier alpha value is 0. The molecule has 14 heavy (non-hydrogen) atoms. The zero-order chi connectivity index (χ0) is 10.4. The van der Waals surface area contributed by atoms with Crippen LogP contribution in [0.2, 0.25) is 0 Å². The van der Waals surface area contributed by atoms with Crippen molar-refractivity contribution in [3.8, 4) is 0 Å². The van der Waals surface area contributed by atoms with Gasteiger partial charge in [-0.1, -0.05) is 53.4 Å². The monoisotopic (exact) mass is 194 g/mol. The Labute approximate surface area is 89.5 Å². The fourth-order valence-electron chi connectivity index (χ4n) is 4.94. The van der Waals surface area contributed by atoms with Gasteiger partial charge in [-0.05, 0) is 35.5 Å². The zero-order valence-electron chi connectivity index (χ0n) is 10.4. The summed E-state index contributed by atoms with van der Waals surface area (Å²) in [5, 5.41) is 0. The minimum absolute atomic E-state index is 0.612. The first-order chi connectivity index (χ1) is 6.41. The molecule has 2 saturated carbocycles. The van der Waals surface area contributed by atoms with Crippen LogP contribution in [0.3, 0.4) is 0 Å². The SMILES string of the molecule is CC1(C)CC(C)(C)C12CCCCCC2. The largest absolute Gasteiger partial charge is 0.0593 e. The van der Waals surface area contributed by atoms with Crippen LogP contribution in [0.5, 0.6) is 0 Å². The van der Waals surface area contributed by atoms with Gasteiger partial charge in [0.05, 0.1) is 0 Å².